The number of aryl methyl sites for hydroxylation is 1. The SMILES string of the molecule is O=C(O)CC(=O)N1CCC(c2ccc3c(n2)NCCC3)CC1. The fourth-order valence-electron chi connectivity index (χ4n) is 3.24. The van der Waals surface area contributed by atoms with Gasteiger partial charge < -0.3 is 15.3 Å². The Hall–Kier alpha value is -2.11. The number of pyridine rings is 1. The zero-order valence-corrected chi connectivity index (χ0v) is 12.5. The molecule has 0 atom stereocenters. The van der Waals surface area contributed by atoms with Gasteiger partial charge in [-0.2, -0.15) is 0 Å². The third kappa shape index (κ3) is 3.21. The molecule has 0 bridgehead atoms. The van der Waals surface area contributed by atoms with Crippen molar-refractivity contribution in [1.82, 2.24) is 9.88 Å². The average Bonchev–Trinajstić information content (AvgIpc) is 2.54. The molecule has 118 valence electrons. The van der Waals surface area contributed by atoms with Gasteiger partial charge in [0.25, 0.3) is 0 Å². The summed E-state index contributed by atoms with van der Waals surface area (Å²) in [5, 5.41) is 12.0. The zero-order chi connectivity index (χ0) is 15.5. The smallest absolute Gasteiger partial charge is 0.312 e. The van der Waals surface area contributed by atoms with Crippen molar-refractivity contribution >= 4 is 17.7 Å². The summed E-state index contributed by atoms with van der Waals surface area (Å²) in [5.74, 6) is 0.0107. The summed E-state index contributed by atoms with van der Waals surface area (Å²) < 4.78 is 0. The highest BCUT2D eigenvalue weighted by Crippen LogP contribution is 2.30. The van der Waals surface area contributed by atoms with E-state index in [1.165, 1.54) is 5.56 Å². The highest BCUT2D eigenvalue weighted by Gasteiger charge is 2.26. The van der Waals surface area contributed by atoms with Crippen LogP contribution in [0.3, 0.4) is 0 Å². The first-order chi connectivity index (χ1) is 10.6. The summed E-state index contributed by atoms with van der Waals surface area (Å²) in [5.41, 5.74) is 2.36. The third-order valence-electron chi connectivity index (χ3n) is 4.48. The van der Waals surface area contributed by atoms with E-state index < -0.39 is 12.4 Å². The number of nitrogens with zero attached hydrogens (tertiary/aromatic N) is 2. The lowest BCUT2D eigenvalue weighted by Gasteiger charge is -2.32. The van der Waals surface area contributed by atoms with Crippen LogP contribution in [0.15, 0.2) is 12.1 Å². The van der Waals surface area contributed by atoms with Gasteiger partial charge in [0, 0.05) is 31.2 Å². The van der Waals surface area contributed by atoms with Crippen molar-refractivity contribution in [2.45, 2.75) is 38.0 Å². The number of piperidine rings is 1. The molecule has 0 saturated carbocycles. The van der Waals surface area contributed by atoms with Crippen LogP contribution in [0.2, 0.25) is 0 Å². The van der Waals surface area contributed by atoms with Gasteiger partial charge in [0.05, 0.1) is 0 Å². The molecular formula is C16H21N3O3. The van der Waals surface area contributed by atoms with Crippen molar-refractivity contribution in [2.75, 3.05) is 25.0 Å². The van der Waals surface area contributed by atoms with Crippen molar-refractivity contribution in [1.29, 1.82) is 0 Å². The number of hydrogen-bond donors (Lipinski definition) is 2. The number of fused-ring (bicyclic) bond motifs is 1. The largest absolute Gasteiger partial charge is 0.481 e. The number of carbonyl (C=O) groups is 2. The summed E-state index contributed by atoms with van der Waals surface area (Å²) >= 11 is 0. The number of aromatic nitrogens is 1. The number of likely N-dealkylation sites (tertiary alicyclic amines) is 1. The molecule has 6 heteroatoms. The molecule has 0 radical (unpaired) electrons. The fourth-order valence-corrected chi connectivity index (χ4v) is 3.24. The number of nitrogens with one attached hydrogen (secondary N) is 1. The Bertz CT molecular complexity index is 580. The molecule has 1 aromatic rings. The second kappa shape index (κ2) is 6.34. The van der Waals surface area contributed by atoms with E-state index in [1.807, 2.05) is 0 Å². The van der Waals surface area contributed by atoms with Gasteiger partial charge >= 0.3 is 5.97 Å². The standard InChI is InChI=1S/C16H21N3O3/c20-14(10-15(21)22)19-8-5-11(6-9-19)13-4-3-12-2-1-7-17-16(12)18-13/h3-4,11H,1-2,5-10H2,(H,17,18)(H,21,22). The molecule has 1 amide bonds. The Morgan fingerprint density at radius 3 is 2.82 bits per heavy atom. The molecule has 2 aliphatic heterocycles. The Balaban J connectivity index is 1.61. The topological polar surface area (TPSA) is 82.5 Å². The second-order valence-electron chi connectivity index (χ2n) is 6.00. The second-order valence-corrected chi connectivity index (χ2v) is 6.00. The van der Waals surface area contributed by atoms with Crippen LogP contribution in [0.4, 0.5) is 5.82 Å². The minimum absolute atomic E-state index is 0.286. The van der Waals surface area contributed by atoms with Crippen molar-refractivity contribution in [2.24, 2.45) is 0 Å². The summed E-state index contributed by atoms with van der Waals surface area (Å²) in [7, 11) is 0. The Morgan fingerprint density at radius 1 is 1.32 bits per heavy atom. The van der Waals surface area contributed by atoms with Gasteiger partial charge in [0.1, 0.15) is 12.2 Å². The quantitative estimate of drug-likeness (QED) is 0.829. The van der Waals surface area contributed by atoms with Crippen molar-refractivity contribution in [3.8, 4) is 0 Å². The molecule has 1 saturated heterocycles. The molecule has 2 N–H and O–H groups in total. The molecular weight excluding hydrogens is 282 g/mol. The Morgan fingerprint density at radius 2 is 2.09 bits per heavy atom. The molecule has 0 aromatic carbocycles. The molecule has 0 spiro atoms. The molecule has 1 aromatic heterocycles. The van der Waals surface area contributed by atoms with Gasteiger partial charge in [-0.05, 0) is 37.3 Å². The summed E-state index contributed by atoms with van der Waals surface area (Å²) in [6, 6.07) is 4.26. The maximum atomic E-state index is 11.8. The molecule has 6 nitrogen and oxygen atoms in total. The third-order valence-corrected chi connectivity index (χ3v) is 4.48. The minimum Gasteiger partial charge on any atom is -0.481 e. The monoisotopic (exact) mass is 303 g/mol. The normalized spacial score (nSPS) is 18.5. The van der Waals surface area contributed by atoms with E-state index >= 15 is 0 Å². The van der Waals surface area contributed by atoms with Crippen LogP contribution >= 0.6 is 0 Å². The minimum atomic E-state index is -1.06. The lowest BCUT2D eigenvalue weighted by molar-refractivity contribution is -0.144. The van der Waals surface area contributed by atoms with Gasteiger partial charge in [-0.15, -0.1) is 0 Å². The number of rotatable bonds is 3. The lowest BCUT2D eigenvalue weighted by atomic mass is 9.92. The van der Waals surface area contributed by atoms with Crippen molar-refractivity contribution in [3.63, 3.8) is 0 Å². The number of amides is 1. The molecule has 22 heavy (non-hydrogen) atoms. The van der Waals surface area contributed by atoms with E-state index in [0.29, 0.717) is 19.0 Å². The molecule has 1 fully saturated rings. The number of carbonyl (C=O) groups excluding carboxylic acids is 1. The van der Waals surface area contributed by atoms with Gasteiger partial charge in [-0.25, -0.2) is 4.98 Å². The van der Waals surface area contributed by atoms with Gasteiger partial charge in [0.15, 0.2) is 0 Å². The molecule has 2 aliphatic rings. The lowest BCUT2D eigenvalue weighted by Crippen LogP contribution is -2.38. The first kappa shape index (κ1) is 14.8. The number of carboxylic acids is 1. The van der Waals surface area contributed by atoms with Gasteiger partial charge in [-0.1, -0.05) is 6.07 Å². The first-order valence-corrected chi connectivity index (χ1v) is 7.87. The van der Waals surface area contributed by atoms with E-state index in [-0.39, 0.29) is 5.91 Å². The van der Waals surface area contributed by atoms with Crippen molar-refractivity contribution < 1.29 is 14.7 Å². The predicted octanol–water partition coefficient (Wildman–Crippen LogP) is 1.62. The number of anilines is 1. The number of carboxylic acid groups (broad SMARTS) is 1. The van der Waals surface area contributed by atoms with E-state index in [4.69, 9.17) is 10.1 Å². The summed E-state index contributed by atoms with van der Waals surface area (Å²) in [6.07, 6.45) is 3.51. The van der Waals surface area contributed by atoms with Gasteiger partial charge in [0.2, 0.25) is 5.91 Å². The fraction of sp³-hybridized carbons (Fsp3) is 0.562. The van der Waals surface area contributed by atoms with Crippen LogP contribution in [-0.4, -0.2) is 46.5 Å². The molecule has 3 rings (SSSR count). The first-order valence-electron chi connectivity index (χ1n) is 7.87. The highest BCUT2D eigenvalue weighted by atomic mass is 16.4. The van der Waals surface area contributed by atoms with Crippen LogP contribution in [0.5, 0.6) is 0 Å². The molecule has 0 aliphatic carbocycles. The van der Waals surface area contributed by atoms with Crippen LogP contribution in [0.25, 0.3) is 0 Å². The molecule has 3 heterocycles. The van der Waals surface area contributed by atoms with Crippen LogP contribution in [0, 0.1) is 0 Å². The van der Waals surface area contributed by atoms with Crippen molar-refractivity contribution in [3.05, 3.63) is 23.4 Å². The maximum Gasteiger partial charge on any atom is 0.312 e. The van der Waals surface area contributed by atoms with E-state index in [0.717, 1.165) is 43.7 Å². The summed E-state index contributed by atoms with van der Waals surface area (Å²) in [4.78, 5) is 28.8. The highest BCUT2D eigenvalue weighted by molar-refractivity contribution is 5.93. The summed E-state index contributed by atoms with van der Waals surface area (Å²) in [6.45, 7) is 2.21. The predicted molar refractivity (Wildman–Crippen MR) is 81.9 cm³/mol. The number of hydrogen-bond acceptors (Lipinski definition) is 4. The average molecular weight is 303 g/mol. The van der Waals surface area contributed by atoms with Crippen LogP contribution in [0.1, 0.15) is 42.9 Å². The van der Waals surface area contributed by atoms with Crippen LogP contribution < -0.4 is 5.32 Å². The van der Waals surface area contributed by atoms with E-state index in [2.05, 4.69) is 17.4 Å². The van der Waals surface area contributed by atoms with E-state index in [1.54, 1.807) is 4.90 Å². The zero-order valence-electron chi connectivity index (χ0n) is 12.5. The Kier molecular flexibility index (Phi) is 4.27. The molecule has 0 unspecified atom stereocenters. The van der Waals surface area contributed by atoms with Crippen LogP contribution in [-0.2, 0) is 16.0 Å². The van der Waals surface area contributed by atoms with Gasteiger partial charge in [-0.3, -0.25) is 9.59 Å². The number of aliphatic carboxylic acids is 1. The Labute approximate surface area is 129 Å². The maximum absolute atomic E-state index is 11.8. The van der Waals surface area contributed by atoms with E-state index in [9.17, 15) is 9.59 Å².